The Morgan fingerprint density at radius 1 is 1.17 bits per heavy atom. The van der Waals surface area contributed by atoms with Crippen LogP contribution in [-0.4, -0.2) is 4.98 Å². The largest absolute Gasteiger partial charge is 0.265 e. The zero-order chi connectivity index (χ0) is 13.0. The van der Waals surface area contributed by atoms with E-state index in [4.69, 9.17) is 23.2 Å². The van der Waals surface area contributed by atoms with Crippen LogP contribution in [0.25, 0.3) is 0 Å². The van der Waals surface area contributed by atoms with E-state index in [2.05, 4.69) is 31.4 Å². The van der Waals surface area contributed by atoms with Crippen LogP contribution in [0.2, 0.25) is 10.0 Å². The van der Waals surface area contributed by atoms with Gasteiger partial charge in [0.05, 0.1) is 10.0 Å². The molecule has 0 amide bonds. The van der Waals surface area contributed by atoms with Crippen molar-refractivity contribution in [3.63, 3.8) is 0 Å². The Bertz CT molecular complexity index is 520. The summed E-state index contributed by atoms with van der Waals surface area (Å²) in [6.07, 6.45) is 4.42. The van der Waals surface area contributed by atoms with Crippen LogP contribution in [0.4, 0.5) is 0 Å². The number of benzene rings is 1. The van der Waals surface area contributed by atoms with Crippen LogP contribution < -0.4 is 3.53 Å². The number of nitrogens with zero attached hydrogens (tertiary/aromatic N) is 1. The molecule has 0 spiro atoms. The molecule has 0 aliphatic carbocycles. The highest BCUT2D eigenvalue weighted by Gasteiger charge is 2.15. The SMILES string of the molecule is Clc1cccc(C(Cc2ccncc2)NI)c1Cl. The Balaban J connectivity index is 2.26. The topological polar surface area (TPSA) is 24.9 Å². The molecule has 18 heavy (non-hydrogen) atoms. The molecule has 0 fully saturated rings. The van der Waals surface area contributed by atoms with E-state index in [1.165, 1.54) is 5.56 Å². The van der Waals surface area contributed by atoms with Crippen molar-refractivity contribution in [2.75, 3.05) is 0 Å². The number of pyridine rings is 1. The molecule has 2 aromatic rings. The second-order valence-corrected chi connectivity index (χ2v) is 5.27. The van der Waals surface area contributed by atoms with Crippen molar-refractivity contribution in [2.24, 2.45) is 0 Å². The average Bonchev–Trinajstić information content (AvgIpc) is 2.41. The first-order valence-corrected chi connectivity index (χ1v) is 7.25. The summed E-state index contributed by atoms with van der Waals surface area (Å²) in [6.45, 7) is 0. The third-order valence-electron chi connectivity index (χ3n) is 2.68. The minimum Gasteiger partial charge on any atom is -0.265 e. The van der Waals surface area contributed by atoms with Crippen LogP contribution in [0.1, 0.15) is 17.2 Å². The molecule has 1 N–H and O–H groups in total. The van der Waals surface area contributed by atoms with Gasteiger partial charge in [-0.15, -0.1) is 0 Å². The number of rotatable bonds is 4. The average molecular weight is 393 g/mol. The molecule has 1 heterocycles. The molecule has 1 unspecified atom stereocenters. The fourth-order valence-corrected chi connectivity index (χ4v) is 2.75. The van der Waals surface area contributed by atoms with Gasteiger partial charge in [0.2, 0.25) is 0 Å². The molecule has 0 bridgehead atoms. The minimum atomic E-state index is 0.124. The fraction of sp³-hybridized carbons (Fsp3) is 0.154. The van der Waals surface area contributed by atoms with Gasteiger partial charge in [0.1, 0.15) is 0 Å². The monoisotopic (exact) mass is 392 g/mol. The molecule has 1 aromatic carbocycles. The molecule has 0 saturated heterocycles. The van der Waals surface area contributed by atoms with Crippen LogP contribution in [0.5, 0.6) is 0 Å². The van der Waals surface area contributed by atoms with Crippen LogP contribution in [0.15, 0.2) is 42.7 Å². The zero-order valence-electron chi connectivity index (χ0n) is 9.41. The fourth-order valence-electron chi connectivity index (χ4n) is 1.75. The normalized spacial score (nSPS) is 12.4. The van der Waals surface area contributed by atoms with Gasteiger partial charge < -0.3 is 0 Å². The second-order valence-electron chi connectivity index (χ2n) is 3.86. The number of hydrogen-bond donors (Lipinski definition) is 1. The highest BCUT2D eigenvalue weighted by molar-refractivity contribution is 14.1. The number of halogens is 3. The van der Waals surface area contributed by atoms with Crippen LogP contribution >= 0.6 is 46.1 Å². The Kier molecular flexibility index (Phi) is 5.24. The van der Waals surface area contributed by atoms with Crippen molar-refractivity contribution < 1.29 is 0 Å². The molecular formula is C13H11Cl2IN2. The van der Waals surface area contributed by atoms with Gasteiger partial charge in [-0.1, -0.05) is 35.3 Å². The summed E-state index contributed by atoms with van der Waals surface area (Å²) in [5, 5.41) is 1.20. The lowest BCUT2D eigenvalue weighted by Crippen LogP contribution is -2.14. The Morgan fingerprint density at radius 2 is 1.89 bits per heavy atom. The third kappa shape index (κ3) is 3.35. The molecular weight excluding hydrogens is 382 g/mol. The lowest BCUT2D eigenvalue weighted by molar-refractivity contribution is 0.690. The van der Waals surface area contributed by atoms with E-state index in [1.54, 1.807) is 18.5 Å². The number of aromatic nitrogens is 1. The predicted octanol–water partition coefficient (Wildman–Crippen LogP) is 4.61. The molecule has 2 nitrogen and oxygen atoms in total. The van der Waals surface area contributed by atoms with Gasteiger partial charge in [-0.2, -0.15) is 0 Å². The van der Waals surface area contributed by atoms with E-state index in [0.29, 0.717) is 10.0 Å². The quantitative estimate of drug-likeness (QED) is 0.606. The minimum absolute atomic E-state index is 0.124. The molecule has 0 saturated carbocycles. The summed E-state index contributed by atoms with van der Waals surface area (Å²) in [6, 6.07) is 9.82. The number of hydrogen-bond acceptors (Lipinski definition) is 2. The van der Waals surface area contributed by atoms with Crippen molar-refractivity contribution in [1.29, 1.82) is 0 Å². The summed E-state index contributed by atoms with van der Waals surface area (Å²) in [5.41, 5.74) is 2.21. The van der Waals surface area contributed by atoms with Gasteiger partial charge >= 0.3 is 0 Å². The molecule has 94 valence electrons. The van der Waals surface area contributed by atoms with Crippen molar-refractivity contribution >= 4 is 46.1 Å². The summed E-state index contributed by atoms with van der Waals surface area (Å²) in [4.78, 5) is 4.01. The van der Waals surface area contributed by atoms with Gasteiger partial charge in [0.15, 0.2) is 0 Å². The zero-order valence-corrected chi connectivity index (χ0v) is 13.1. The maximum absolute atomic E-state index is 6.25. The maximum atomic E-state index is 6.25. The lowest BCUT2D eigenvalue weighted by Gasteiger charge is -2.17. The van der Waals surface area contributed by atoms with E-state index in [9.17, 15) is 0 Å². The standard InChI is InChI=1S/C13H11Cl2IN2/c14-11-3-1-2-10(13(11)15)12(18-16)8-9-4-6-17-7-5-9/h1-7,12,18H,8H2. The van der Waals surface area contributed by atoms with Crippen molar-refractivity contribution in [3.05, 3.63) is 63.9 Å². The van der Waals surface area contributed by atoms with E-state index >= 15 is 0 Å². The van der Waals surface area contributed by atoms with Crippen LogP contribution in [0, 0.1) is 0 Å². The summed E-state index contributed by atoms with van der Waals surface area (Å²) >= 11 is 14.4. The molecule has 0 radical (unpaired) electrons. The summed E-state index contributed by atoms with van der Waals surface area (Å²) < 4.78 is 3.24. The van der Waals surface area contributed by atoms with E-state index in [0.717, 1.165) is 12.0 Å². The lowest BCUT2D eigenvalue weighted by atomic mass is 10.0. The van der Waals surface area contributed by atoms with Gasteiger partial charge in [-0.3, -0.25) is 8.51 Å². The molecule has 2 rings (SSSR count). The van der Waals surface area contributed by atoms with Gasteiger partial charge in [0, 0.05) is 41.3 Å². The molecule has 1 atom stereocenters. The third-order valence-corrected chi connectivity index (χ3v) is 4.26. The van der Waals surface area contributed by atoms with Gasteiger partial charge in [-0.25, -0.2) is 0 Å². The predicted molar refractivity (Wildman–Crippen MR) is 84.3 cm³/mol. The molecule has 0 aliphatic heterocycles. The van der Waals surface area contributed by atoms with Crippen LogP contribution in [0.3, 0.4) is 0 Å². The van der Waals surface area contributed by atoms with Crippen molar-refractivity contribution in [3.8, 4) is 0 Å². The molecule has 0 aliphatic rings. The van der Waals surface area contributed by atoms with Gasteiger partial charge in [0.25, 0.3) is 0 Å². The van der Waals surface area contributed by atoms with Crippen molar-refractivity contribution in [2.45, 2.75) is 12.5 Å². The van der Waals surface area contributed by atoms with E-state index in [-0.39, 0.29) is 6.04 Å². The smallest absolute Gasteiger partial charge is 0.0640 e. The first kappa shape index (κ1) is 14.1. The molecule has 1 aromatic heterocycles. The summed E-state index contributed by atoms with van der Waals surface area (Å²) in [7, 11) is 0. The highest BCUT2D eigenvalue weighted by Crippen LogP contribution is 2.31. The van der Waals surface area contributed by atoms with E-state index < -0.39 is 0 Å². The Hall–Kier alpha value is -0.360. The van der Waals surface area contributed by atoms with Gasteiger partial charge in [-0.05, 0) is 35.7 Å². The first-order chi connectivity index (χ1) is 8.72. The van der Waals surface area contributed by atoms with Crippen LogP contribution in [-0.2, 0) is 6.42 Å². The molecule has 5 heteroatoms. The van der Waals surface area contributed by atoms with E-state index in [1.807, 2.05) is 24.3 Å². The van der Waals surface area contributed by atoms with Crippen molar-refractivity contribution in [1.82, 2.24) is 8.51 Å². The Labute approximate surface area is 130 Å². The first-order valence-electron chi connectivity index (χ1n) is 5.41. The maximum Gasteiger partial charge on any atom is 0.0640 e. The number of nitrogens with one attached hydrogen (secondary N) is 1. The highest BCUT2D eigenvalue weighted by atomic mass is 127. The Morgan fingerprint density at radius 3 is 2.56 bits per heavy atom. The summed E-state index contributed by atoms with van der Waals surface area (Å²) in [5.74, 6) is 0. The second kappa shape index (κ2) is 6.70.